The second-order valence-corrected chi connectivity index (χ2v) is 9.70. The number of hydrogen-bond acceptors (Lipinski definition) is 3. The van der Waals surface area contributed by atoms with Gasteiger partial charge in [-0.05, 0) is 62.4 Å². The summed E-state index contributed by atoms with van der Waals surface area (Å²) in [6.45, 7) is 12.0. The lowest BCUT2D eigenvalue weighted by Crippen LogP contribution is -2.54. The fraction of sp³-hybridized carbons (Fsp3) is 0.462. The van der Waals surface area contributed by atoms with Crippen molar-refractivity contribution in [2.75, 3.05) is 6.61 Å². The zero-order valence-electron chi connectivity index (χ0n) is 19.9. The first kappa shape index (κ1) is 25.7. The van der Waals surface area contributed by atoms with E-state index < -0.39 is 11.6 Å². The molecule has 5 nitrogen and oxygen atoms in total. The summed E-state index contributed by atoms with van der Waals surface area (Å²) in [6.07, 6.45) is 0.473. The highest BCUT2D eigenvalue weighted by molar-refractivity contribution is 6.31. The number of carbonyl (C=O) groups is 2. The Labute approximate surface area is 197 Å². The zero-order valence-corrected chi connectivity index (χ0v) is 20.7. The van der Waals surface area contributed by atoms with Gasteiger partial charge in [-0.3, -0.25) is 9.59 Å². The fourth-order valence-electron chi connectivity index (χ4n) is 3.36. The van der Waals surface area contributed by atoms with Gasteiger partial charge in [0, 0.05) is 17.1 Å². The lowest BCUT2D eigenvalue weighted by Gasteiger charge is -2.33. The summed E-state index contributed by atoms with van der Waals surface area (Å²) in [6, 6.07) is 14.4. The maximum Gasteiger partial charge on any atom is 0.261 e. The van der Waals surface area contributed by atoms with Crippen LogP contribution in [0, 0.1) is 0 Å². The normalized spacial score (nSPS) is 12.4. The Hall–Kier alpha value is -2.53. The molecule has 0 bridgehead atoms. The number of halogens is 1. The molecule has 1 unspecified atom stereocenters. The fourth-order valence-corrected chi connectivity index (χ4v) is 3.55. The van der Waals surface area contributed by atoms with Crippen LogP contribution in [-0.2, 0) is 16.1 Å². The van der Waals surface area contributed by atoms with Crippen LogP contribution in [0.5, 0.6) is 5.75 Å². The average molecular weight is 459 g/mol. The third-order valence-corrected chi connectivity index (χ3v) is 5.46. The first-order valence-corrected chi connectivity index (χ1v) is 11.5. The predicted octanol–water partition coefficient (Wildman–Crippen LogP) is 5.56. The lowest BCUT2D eigenvalue weighted by molar-refractivity contribution is -0.143. The third kappa shape index (κ3) is 7.56. The second-order valence-electron chi connectivity index (χ2n) is 9.29. The Morgan fingerprint density at radius 2 is 1.69 bits per heavy atom. The summed E-state index contributed by atoms with van der Waals surface area (Å²) in [7, 11) is 0. The number of carbonyl (C=O) groups excluding carboxylic acids is 2. The van der Waals surface area contributed by atoms with Crippen LogP contribution < -0.4 is 10.1 Å². The molecule has 0 aliphatic carbocycles. The summed E-state index contributed by atoms with van der Waals surface area (Å²) in [4.78, 5) is 27.8. The molecule has 2 aromatic carbocycles. The molecule has 6 heteroatoms. The van der Waals surface area contributed by atoms with Crippen molar-refractivity contribution >= 4 is 23.4 Å². The number of nitrogens with zero attached hydrogens (tertiary/aromatic N) is 1. The van der Waals surface area contributed by atoms with Crippen molar-refractivity contribution in [3.8, 4) is 5.75 Å². The van der Waals surface area contributed by atoms with Crippen molar-refractivity contribution in [2.45, 2.75) is 72.0 Å². The number of amides is 2. The molecule has 0 aromatic heterocycles. The number of nitrogens with one attached hydrogen (secondary N) is 1. The molecule has 1 atom stereocenters. The Bertz CT molecular complexity index is 904. The van der Waals surface area contributed by atoms with Gasteiger partial charge in [-0.1, -0.05) is 62.7 Å². The topological polar surface area (TPSA) is 58.6 Å². The van der Waals surface area contributed by atoms with Gasteiger partial charge in [0.2, 0.25) is 5.91 Å². The smallest absolute Gasteiger partial charge is 0.261 e. The Morgan fingerprint density at radius 3 is 2.22 bits per heavy atom. The molecule has 0 aliphatic rings. The third-order valence-electron chi connectivity index (χ3n) is 5.09. The largest absolute Gasteiger partial charge is 0.484 e. The van der Waals surface area contributed by atoms with Crippen molar-refractivity contribution in [1.82, 2.24) is 10.2 Å². The molecule has 174 valence electrons. The van der Waals surface area contributed by atoms with Crippen molar-refractivity contribution < 1.29 is 14.3 Å². The van der Waals surface area contributed by atoms with Crippen molar-refractivity contribution in [3.63, 3.8) is 0 Å². The summed E-state index contributed by atoms with van der Waals surface area (Å²) >= 11 is 6.35. The van der Waals surface area contributed by atoms with Crippen molar-refractivity contribution in [2.24, 2.45) is 0 Å². The molecule has 2 amide bonds. The van der Waals surface area contributed by atoms with Crippen LogP contribution in [0.15, 0.2) is 48.5 Å². The molecule has 0 heterocycles. The standard InChI is InChI=1S/C26H35ClN2O3/c1-7-23(25(31)28-26(4,5)6)29(16-20-10-8-9-11-22(20)27)24(30)17-32-21-14-12-19(13-15-21)18(2)3/h8-15,18,23H,7,16-17H2,1-6H3,(H,28,31). The van der Waals surface area contributed by atoms with E-state index in [9.17, 15) is 9.59 Å². The van der Waals surface area contributed by atoms with Gasteiger partial charge >= 0.3 is 0 Å². The number of ether oxygens (including phenoxy) is 1. The molecule has 0 aliphatic heterocycles. The van der Waals surface area contributed by atoms with Gasteiger partial charge in [0.25, 0.3) is 5.91 Å². The Balaban J connectivity index is 2.22. The van der Waals surface area contributed by atoms with E-state index in [4.69, 9.17) is 16.3 Å². The van der Waals surface area contributed by atoms with Crippen LogP contribution in [0.2, 0.25) is 5.02 Å². The highest BCUT2D eigenvalue weighted by Crippen LogP contribution is 2.21. The maximum absolute atomic E-state index is 13.3. The molecular weight excluding hydrogens is 424 g/mol. The van der Waals surface area contributed by atoms with Crippen LogP contribution >= 0.6 is 11.6 Å². The van der Waals surface area contributed by atoms with E-state index >= 15 is 0 Å². The first-order chi connectivity index (χ1) is 15.0. The molecule has 0 fully saturated rings. The summed E-state index contributed by atoms with van der Waals surface area (Å²) in [5.74, 6) is 0.575. The first-order valence-electron chi connectivity index (χ1n) is 11.1. The predicted molar refractivity (Wildman–Crippen MR) is 130 cm³/mol. The van der Waals surface area contributed by atoms with E-state index in [1.165, 1.54) is 5.56 Å². The second kappa shape index (κ2) is 11.4. The summed E-state index contributed by atoms with van der Waals surface area (Å²) in [5.41, 5.74) is 1.58. The monoisotopic (exact) mass is 458 g/mol. The van der Waals surface area contributed by atoms with Crippen molar-refractivity contribution in [1.29, 1.82) is 0 Å². The molecule has 0 saturated heterocycles. The Kier molecular flexibility index (Phi) is 9.14. The summed E-state index contributed by atoms with van der Waals surface area (Å²) < 4.78 is 5.77. The van der Waals surface area contributed by atoms with E-state index in [0.717, 1.165) is 5.56 Å². The van der Waals surface area contributed by atoms with Crippen molar-refractivity contribution in [3.05, 3.63) is 64.7 Å². The highest BCUT2D eigenvalue weighted by Gasteiger charge is 2.31. The van der Waals surface area contributed by atoms with Gasteiger partial charge in [-0.15, -0.1) is 0 Å². The van der Waals surface area contributed by atoms with Crippen LogP contribution in [-0.4, -0.2) is 34.9 Å². The average Bonchev–Trinajstić information content (AvgIpc) is 2.72. The number of hydrogen-bond donors (Lipinski definition) is 1. The zero-order chi connectivity index (χ0) is 23.9. The van der Waals surface area contributed by atoms with E-state index in [1.807, 2.05) is 70.2 Å². The lowest BCUT2D eigenvalue weighted by atomic mass is 10.0. The molecule has 2 rings (SSSR count). The van der Waals surface area contributed by atoms with E-state index in [1.54, 1.807) is 11.0 Å². The van der Waals surface area contributed by atoms with E-state index in [2.05, 4.69) is 19.2 Å². The number of rotatable bonds is 9. The van der Waals surface area contributed by atoms with Gasteiger partial charge in [-0.2, -0.15) is 0 Å². The molecule has 0 spiro atoms. The van der Waals surface area contributed by atoms with E-state index in [0.29, 0.717) is 23.1 Å². The van der Waals surface area contributed by atoms with Gasteiger partial charge in [0.1, 0.15) is 11.8 Å². The van der Waals surface area contributed by atoms with Gasteiger partial charge < -0.3 is 15.0 Å². The minimum absolute atomic E-state index is 0.162. The minimum Gasteiger partial charge on any atom is -0.484 e. The van der Waals surface area contributed by atoms with Crippen LogP contribution in [0.4, 0.5) is 0 Å². The molecule has 1 N–H and O–H groups in total. The van der Waals surface area contributed by atoms with Gasteiger partial charge in [0.05, 0.1) is 0 Å². The van der Waals surface area contributed by atoms with Crippen LogP contribution in [0.25, 0.3) is 0 Å². The maximum atomic E-state index is 13.3. The van der Waals surface area contributed by atoms with Gasteiger partial charge in [-0.25, -0.2) is 0 Å². The molecule has 32 heavy (non-hydrogen) atoms. The molecular formula is C26H35ClN2O3. The quantitative estimate of drug-likeness (QED) is 0.534. The summed E-state index contributed by atoms with van der Waals surface area (Å²) in [5, 5.41) is 3.55. The van der Waals surface area contributed by atoms with Gasteiger partial charge in [0.15, 0.2) is 6.61 Å². The SMILES string of the molecule is CCC(C(=O)NC(C)(C)C)N(Cc1ccccc1Cl)C(=O)COc1ccc(C(C)C)cc1. The molecule has 0 saturated carbocycles. The van der Waals surface area contributed by atoms with Crippen LogP contribution in [0.1, 0.15) is 65.0 Å². The number of benzene rings is 2. The van der Waals surface area contributed by atoms with E-state index in [-0.39, 0.29) is 25.0 Å². The molecule has 2 aromatic rings. The highest BCUT2D eigenvalue weighted by atomic mass is 35.5. The van der Waals surface area contributed by atoms with Crippen LogP contribution in [0.3, 0.4) is 0 Å². The Morgan fingerprint density at radius 1 is 1.06 bits per heavy atom. The minimum atomic E-state index is -0.634. The molecule has 0 radical (unpaired) electrons.